The minimum atomic E-state index is -0.681. The van der Waals surface area contributed by atoms with Gasteiger partial charge in [0, 0.05) is 26.2 Å². The number of ether oxygens (including phenoxy) is 2. The molecule has 4 fully saturated rings. The summed E-state index contributed by atoms with van der Waals surface area (Å²) in [5.74, 6) is -1.12. The summed E-state index contributed by atoms with van der Waals surface area (Å²) in [5, 5.41) is 6.44. The first-order valence-corrected chi connectivity index (χ1v) is 6.97. The van der Waals surface area contributed by atoms with Crippen LogP contribution in [0.2, 0.25) is 0 Å². The second-order valence-electron chi connectivity index (χ2n) is 5.71. The van der Waals surface area contributed by atoms with E-state index in [0.717, 1.165) is 39.0 Å². The smallest absolute Gasteiger partial charge is 0.323 e. The summed E-state index contributed by atoms with van der Waals surface area (Å²) in [6, 6.07) is 0. The molecule has 2 N–H and O–H groups in total. The minimum absolute atomic E-state index is 0.0750. The Morgan fingerprint density at radius 1 is 1.11 bits per heavy atom. The zero-order valence-electron chi connectivity index (χ0n) is 11.1. The van der Waals surface area contributed by atoms with Crippen molar-refractivity contribution in [3.05, 3.63) is 0 Å². The van der Waals surface area contributed by atoms with Gasteiger partial charge in [0.15, 0.2) is 0 Å². The van der Waals surface area contributed by atoms with Crippen LogP contribution >= 0.6 is 0 Å². The fourth-order valence-electron chi connectivity index (χ4n) is 3.46. The highest BCUT2D eigenvalue weighted by Gasteiger charge is 2.69. The molecular weight excluding hydrogens is 248 g/mol. The first-order chi connectivity index (χ1) is 9.14. The molecule has 4 atom stereocenters. The van der Waals surface area contributed by atoms with Crippen LogP contribution in [0.1, 0.15) is 19.8 Å². The summed E-state index contributed by atoms with van der Waals surface area (Å²) < 4.78 is 10.2. The maximum absolute atomic E-state index is 11.5. The molecule has 4 rings (SSSR count). The van der Waals surface area contributed by atoms with Gasteiger partial charge in [-0.25, -0.2) is 0 Å². The maximum Gasteiger partial charge on any atom is 0.323 e. The SMILES string of the molecule is C1CNCCN1.C[C@@]12C(=O)OC(=O)[C@@H]1[C@H]1CC[C@@H]2O1. The van der Waals surface area contributed by atoms with Crippen LogP contribution in [0.3, 0.4) is 0 Å². The number of nitrogens with one attached hydrogen (secondary N) is 2. The van der Waals surface area contributed by atoms with Gasteiger partial charge < -0.3 is 20.1 Å². The average molecular weight is 268 g/mol. The molecule has 0 amide bonds. The number of carbonyl (C=O) groups excluding carboxylic acids is 2. The van der Waals surface area contributed by atoms with Crippen LogP contribution in [-0.2, 0) is 19.1 Å². The van der Waals surface area contributed by atoms with Crippen molar-refractivity contribution in [1.82, 2.24) is 10.6 Å². The topological polar surface area (TPSA) is 76.7 Å². The third kappa shape index (κ3) is 1.98. The number of rotatable bonds is 0. The molecule has 0 aromatic carbocycles. The Morgan fingerprint density at radius 2 is 1.74 bits per heavy atom. The highest BCUT2D eigenvalue weighted by Crippen LogP contribution is 2.55. The summed E-state index contributed by atoms with van der Waals surface area (Å²) in [5.41, 5.74) is -0.681. The van der Waals surface area contributed by atoms with E-state index >= 15 is 0 Å². The van der Waals surface area contributed by atoms with Crippen LogP contribution < -0.4 is 10.6 Å². The van der Waals surface area contributed by atoms with Gasteiger partial charge in [0.2, 0.25) is 0 Å². The summed E-state index contributed by atoms with van der Waals surface area (Å²) in [4.78, 5) is 22.8. The van der Waals surface area contributed by atoms with Gasteiger partial charge in [-0.1, -0.05) is 0 Å². The lowest BCUT2D eigenvalue weighted by atomic mass is 9.69. The molecule has 4 aliphatic heterocycles. The third-order valence-electron chi connectivity index (χ3n) is 4.58. The van der Waals surface area contributed by atoms with E-state index in [1.807, 2.05) is 0 Å². The predicted octanol–water partition coefficient (Wildman–Crippen LogP) is -0.567. The van der Waals surface area contributed by atoms with Crippen LogP contribution in [-0.4, -0.2) is 50.3 Å². The molecule has 0 radical (unpaired) electrons. The average Bonchev–Trinajstić information content (AvgIpc) is 3.06. The number of fused-ring (bicyclic) bond motifs is 5. The van der Waals surface area contributed by atoms with Gasteiger partial charge in [0.1, 0.15) is 11.3 Å². The summed E-state index contributed by atoms with van der Waals surface area (Å²) in [6.45, 7) is 6.34. The fraction of sp³-hybridized carbons (Fsp3) is 0.846. The lowest BCUT2D eigenvalue weighted by molar-refractivity contribution is -0.158. The molecule has 4 heterocycles. The Balaban J connectivity index is 0.000000155. The van der Waals surface area contributed by atoms with E-state index in [1.54, 1.807) is 6.92 Å². The molecule has 6 heteroatoms. The van der Waals surface area contributed by atoms with Crippen molar-refractivity contribution >= 4 is 11.9 Å². The zero-order chi connectivity index (χ0) is 13.5. The van der Waals surface area contributed by atoms with Crippen molar-refractivity contribution < 1.29 is 19.1 Å². The van der Waals surface area contributed by atoms with Crippen molar-refractivity contribution in [2.75, 3.05) is 26.2 Å². The molecule has 0 aromatic rings. The monoisotopic (exact) mass is 268 g/mol. The van der Waals surface area contributed by atoms with Crippen LogP contribution in [0, 0.1) is 11.3 Å². The highest BCUT2D eigenvalue weighted by molar-refractivity contribution is 6.00. The Labute approximate surface area is 112 Å². The van der Waals surface area contributed by atoms with Gasteiger partial charge in [-0.3, -0.25) is 9.59 Å². The lowest BCUT2D eigenvalue weighted by Gasteiger charge is -2.25. The second-order valence-corrected chi connectivity index (χ2v) is 5.71. The van der Waals surface area contributed by atoms with E-state index in [0.29, 0.717) is 0 Å². The molecule has 4 aliphatic rings. The quantitative estimate of drug-likeness (QED) is 0.453. The van der Waals surface area contributed by atoms with Crippen LogP contribution in [0.4, 0.5) is 0 Å². The van der Waals surface area contributed by atoms with Crippen LogP contribution in [0.15, 0.2) is 0 Å². The second kappa shape index (κ2) is 4.85. The summed E-state index contributed by atoms with van der Waals surface area (Å²) in [7, 11) is 0. The van der Waals surface area contributed by atoms with Crippen LogP contribution in [0.5, 0.6) is 0 Å². The highest BCUT2D eigenvalue weighted by atomic mass is 16.6. The van der Waals surface area contributed by atoms with E-state index in [1.165, 1.54) is 0 Å². The Hall–Kier alpha value is -0.980. The molecule has 0 spiro atoms. The van der Waals surface area contributed by atoms with E-state index in [9.17, 15) is 9.59 Å². The van der Waals surface area contributed by atoms with E-state index < -0.39 is 11.4 Å². The standard InChI is InChI=1S/C9H10O4.C4H10N2/c1-9-5-3-2-4(12-5)6(9)7(10)13-8(9)11;1-2-6-4-3-5-1/h4-6H,2-3H2,1H3;5-6H,1-4H2/t4-,5+,6+,9+;/m1./s1. The summed E-state index contributed by atoms with van der Waals surface area (Å²) in [6.07, 6.45) is 1.59. The number of hydrogen-bond donors (Lipinski definition) is 2. The lowest BCUT2D eigenvalue weighted by Crippen LogP contribution is -2.40. The molecule has 4 saturated heterocycles. The molecule has 19 heavy (non-hydrogen) atoms. The van der Waals surface area contributed by atoms with Gasteiger partial charge in [-0.2, -0.15) is 0 Å². The van der Waals surface area contributed by atoms with Gasteiger partial charge >= 0.3 is 11.9 Å². The molecule has 6 nitrogen and oxygen atoms in total. The van der Waals surface area contributed by atoms with Crippen molar-refractivity contribution in [3.63, 3.8) is 0 Å². The number of cyclic esters (lactones) is 2. The van der Waals surface area contributed by atoms with Gasteiger partial charge in [-0.05, 0) is 19.8 Å². The van der Waals surface area contributed by atoms with Gasteiger partial charge in [-0.15, -0.1) is 0 Å². The largest absolute Gasteiger partial charge is 0.392 e. The Morgan fingerprint density at radius 3 is 2.26 bits per heavy atom. The van der Waals surface area contributed by atoms with E-state index in [4.69, 9.17) is 4.74 Å². The van der Waals surface area contributed by atoms with Crippen molar-refractivity contribution in [2.24, 2.45) is 11.3 Å². The van der Waals surface area contributed by atoms with E-state index in [-0.39, 0.29) is 24.1 Å². The van der Waals surface area contributed by atoms with Gasteiger partial charge in [0.25, 0.3) is 0 Å². The Kier molecular flexibility index (Phi) is 3.32. The molecule has 106 valence electrons. The fourth-order valence-corrected chi connectivity index (χ4v) is 3.46. The minimum Gasteiger partial charge on any atom is -0.392 e. The molecule has 0 aromatic heterocycles. The normalized spacial score (nSPS) is 43.5. The molecule has 2 bridgehead atoms. The summed E-state index contributed by atoms with van der Waals surface area (Å²) >= 11 is 0. The van der Waals surface area contributed by atoms with Gasteiger partial charge in [0.05, 0.1) is 12.2 Å². The Bertz CT molecular complexity index is 385. The third-order valence-corrected chi connectivity index (χ3v) is 4.58. The van der Waals surface area contributed by atoms with Crippen LogP contribution in [0.25, 0.3) is 0 Å². The number of carbonyl (C=O) groups is 2. The predicted molar refractivity (Wildman–Crippen MR) is 66.3 cm³/mol. The van der Waals surface area contributed by atoms with Crippen molar-refractivity contribution in [3.8, 4) is 0 Å². The first kappa shape index (κ1) is 13.0. The first-order valence-electron chi connectivity index (χ1n) is 6.97. The molecule has 0 unspecified atom stereocenters. The van der Waals surface area contributed by atoms with Crippen molar-refractivity contribution in [2.45, 2.75) is 32.0 Å². The molecule has 0 aliphatic carbocycles. The number of piperazine rings is 1. The van der Waals surface area contributed by atoms with Crippen molar-refractivity contribution in [1.29, 1.82) is 0 Å². The molecule has 0 saturated carbocycles. The number of esters is 2. The zero-order valence-corrected chi connectivity index (χ0v) is 11.1. The van der Waals surface area contributed by atoms with E-state index in [2.05, 4.69) is 15.4 Å². The maximum atomic E-state index is 11.5. The number of hydrogen-bond acceptors (Lipinski definition) is 6. The molecular formula is C13H20N2O4.